The molecule has 0 saturated heterocycles. The van der Waals surface area contributed by atoms with Crippen LogP contribution >= 0.6 is 0 Å². The van der Waals surface area contributed by atoms with Gasteiger partial charge in [-0.05, 0) is 93.0 Å². The molecule has 0 unspecified atom stereocenters. The van der Waals surface area contributed by atoms with Gasteiger partial charge in [-0.25, -0.2) is 0 Å². The van der Waals surface area contributed by atoms with Gasteiger partial charge in [-0.15, -0.1) is 0 Å². The Bertz CT molecular complexity index is 512. The Kier molecular flexibility index (Phi) is 3.60. The molecule has 3 fully saturated rings. The van der Waals surface area contributed by atoms with Gasteiger partial charge < -0.3 is 10.3 Å². The number of hydrogen-bond donors (Lipinski definition) is 2. The van der Waals surface area contributed by atoms with E-state index in [9.17, 15) is 5.11 Å². The molecule has 0 amide bonds. The molecule has 4 rings (SSSR count). The molecule has 0 aromatic heterocycles. The number of aliphatic hydroxyl groups excluding tert-OH is 1. The van der Waals surface area contributed by atoms with Crippen molar-refractivity contribution in [1.29, 1.82) is 0 Å². The molecule has 4 aliphatic rings. The third kappa shape index (κ3) is 1.94. The van der Waals surface area contributed by atoms with Crippen LogP contribution in [0.1, 0.15) is 64.7 Å². The van der Waals surface area contributed by atoms with Crippen molar-refractivity contribution in [2.24, 2.45) is 34.2 Å². The second-order valence-corrected chi connectivity index (χ2v) is 8.15. The van der Waals surface area contributed by atoms with Crippen LogP contribution in [-0.4, -0.2) is 22.1 Å². The molecule has 0 bridgehead atoms. The third-order valence-electron chi connectivity index (χ3n) is 7.77. The van der Waals surface area contributed by atoms with Gasteiger partial charge in [0.2, 0.25) is 0 Å². The molecular formula is C19H29NO2. The van der Waals surface area contributed by atoms with Gasteiger partial charge in [0, 0.05) is 0 Å². The van der Waals surface area contributed by atoms with Gasteiger partial charge in [-0.2, -0.15) is 0 Å². The Labute approximate surface area is 133 Å². The van der Waals surface area contributed by atoms with Crippen LogP contribution in [0.3, 0.4) is 0 Å². The summed E-state index contributed by atoms with van der Waals surface area (Å²) in [5, 5.41) is 23.1. The largest absolute Gasteiger partial charge is 0.411 e. The highest BCUT2D eigenvalue weighted by Gasteiger charge is 2.57. The van der Waals surface area contributed by atoms with Crippen LogP contribution in [0.2, 0.25) is 0 Å². The van der Waals surface area contributed by atoms with Gasteiger partial charge in [0.05, 0.1) is 11.8 Å². The first-order chi connectivity index (χ1) is 10.7. The molecule has 3 nitrogen and oxygen atoms in total. The van der Waals surface area contributed by atoms with E-state index in [1.54, 1.807) is 5.57 Å². The quantitative estimate of drug-likeness (QED) is 0.565. The van der Waals surface area contributed by atoms with E-state index in [4.69, 9.17) is 5.21 Å². The predicted octanol–water partition coefficient (Wildman–Crippen LogP) is 4.14. The standard InChI is InChI=1S/C19H29NO2/c1-2-19-10-9-15-14-6-4-13(20-22)11-12(14)3-5-16(15)17(19)7-8-18(19)21/h11,14-18,21-22H,2-10H2,1H3/t14-,15+,16+,17-,18-,19-/m0/s1. The van der Waals surface area contributed by atoms with Crippen molar-refractivity contribution in [3.05, 3.63) is 11.6 Å². The SMILES string of the molecule is CC[C@]12CC[C@H]3[C@@H](CCC4=CC(=NO)CC[C@@H]43)[C@@H]1CC[C@@H]2O. The van der Waals surface area contributed by atoms with Crippen molar-refractivity contribution in [2.75, 3.05) is 0 Å². The topological polar surface area (TPSA) is 52.8 Å². The molecule has 0 aliphatic heterocycles. The number of aliphatic hydroxyl groups is 1. The summed E-state index contributed by atoms with van der Waals surface area (Å²) in [4.78, 5) is 0. The lowest BCUT2D eigenvalue weighted by Gasteiger charge is -2.54. The number of rotatable bonds is 1. The molecule has 3 heteroatoms. The first-order valence-electron chi connectivity index (χ1n) is 9.29. The number of oxime groups is 1. The summed E-state index contributed by atoms with van der Waals surface area (Å²) in [6.45, 7) is 2.29. The zero-order valence-electron chi connectivity index (χ0n) is 13.7. The van der Waals surface area contributed by atoms with Crippen LogP contribution in [-0.2, 0) is 0 Å². The first kappa shape index (κ1) is 14.7. The monoisotopic (exact) mass is 303 g/mol. The van der Waals surface area contributed by atoms with Crippen LogP contribution in [0.4, 0.5) is 0 Å². The summed E-state index contributed by atoms with van der Waals surface area (Å²) in [5.41, 5.74) is 2.65. The van der Waals surface area contributed by atoms with Crippen LogP contribution in [0.25, 0.3) is 0 Å². The summed E-state index contributed by atoms with van der Waals surface area (Å²) in [6.07, 6.45) is 12.6. The summed E-state index contributed by atoms with van der Waals surface area (Å²) in [7, 11) is 0. The van der Waals surface area contributed by atoms with E-state index in [0.717, 1.165) is 48.6 Å². The minimum atomic E-state index is -0.0557. The zero-order chi connectivity index (χ0) is 15.3. The number of nitrogens with zero attached hydrogens (tertiary/aromatic N) is 1. The normalized spacial score (nSPS) is 49.3. The minimum absolute atomic E-state index is 0.0557. The summed E-state index contributed by atoms with van der Waals surface area (Å²) >= 11 is 0. The third-order valence-corrected chi connectivity index (χ3v) is 7.77. The fourth-order valence-electron chi connectivity index (χ4n) is 6.73. The van der Waals surface area contributed by atoms with Gasteiger partial charge in [0.25, 0.3) is 0 Å². The first-order valence-corrected chi connectivity index (χ1v) is 9.29. The smallest absolute Gasteiger partial charge is 0.0795 e. The van der Waals surface area contributed by atoms with Crippen molar-refractivity contribution in [2.45, 2.75) is 70.8 Å². The minimum Gasteiger partial charge on any atom is -0.411 e. The lowest BCUT2D eigenvalue weighted by molar-refractivity contribution is -0.0667. The Morgan fingerprint density at radius 3 is 2.77 bits per heavy atom. The van der Waals surface area contributed by atoms with Crippen LogP contribution in [0, 0.1) is 29.1 Å². The van der Waals surface area contributed by atoms with E-state index in [1.807, 2.05) is 0 Å². The maximum Gasteiger partial charge on any atom is 0.0795 e. The Morgan fingerprint density at radius 1 is 1.14 bits per heavy atom. The average Bonchev–Trinajstić information content (AvgIpc) is 2.91. The maximum absolute atomic E-state index is 10.6. The number of allylic oxidation sites excluding steroid dienone is 2. The lowest BCUT2D eigenvalue weighted by atomic mass is 9.51. The second-order valence-electron chi connectivity index (χ2n) is 8.15. The molecule has 0 spiro atoms. The molecular weight excluding hydrogens is 274 g/mol. The molecule has 6 atom stereocenters. The molecule has 0 heterocycles. The molecule has 122 valence electrons. The lowest BCUT2D eigenvalue weighted by Crippen LogP contribution is -2.48. The van der Waals surface area contributed by atoms with Crippen molar-refractivity contribution < 1.29 is 10.3 Å². The number of hydrogen-bond acceptors (Lipinski definition) is 3. The Hall–Kier alpha value is -0.830. The fraction of sp³-hybridized carbons (Fsp3) is 0.842. The van der Waals surface area contributed by atoms with Crippen LogP contribution < -0.4 is 0 Å². The van der Waals surface area contributed by atoms with Gasteiger partial charge in [0.15, 0.2) is 0 Å². The average molecular weight is 303 g/mol. The van der Waals surface area contributed by atoms with Gasteiger partial charge in [-0.1, -0.05) is 17.7 Å². The van der Waals surface area contributed by atoms with Crippen molar-refractivity contribution in [3.63, 3.8) is 0 Å². The van der Waals surface area contributed by atoms with E-state index >= 15 is 0 Å². The Balaban J connectivity index is 1.62. The predicted molar refractivity (Wildman–Crippen MR) is 86.9 cm³/mol. The molecule has 22 heavy (non-hydrogen) atoms. The van der Waals surface area contributed by atoms with E-state index in [0.29, 0.717) is 0 Å². The maximum atomic E-state index is 10.6. The zero-order valence-corrected chi connectivity index (χ0v) is 13.7. The highest BCUT2D eigenvalue weighted by molar-refractivity contribution is 5.96. The molecule has 3 saturated carbocycles. The van der Waals surface area contributed by atoms with Crippen molar-refractivity contribution in [3.8, 4) is 0 Å². The molecule has 4 aliphatic carbocycles. The molecule has 0 aromatic rings. The van der Waals surface area contributed by atoms with E-state index in [2.05, 4.69) is 18.2 Å². The van der Waals surface area contributed by atoms with Crippen molar-refractivity contribution in [1.82, 2.24) is 0 Å². The van der Waals surface area contributed by atoms with Gasteiger partial charge >= 0.3 is 0 Å². The van der Waals surface area contributed by atoms with Crippen LogP contribution in [0.15, 0.2) is 16.8 Å². The van der Waals surface area contributed by atoms with Gasteiger partial charge in [-0.3, -0.25) is 0 Å². The van der Waals surface area contributed by atoms with Crippen molar-refractivity contribution >= 4 is 5.71 Å². The molecule has 0 aromatic carbocycles. The van der Waals surface area contributed by atoms with Crippen LogP contribution in [0.5, 0.6) is 0 Å². The summed E-state index contributed by atoms with van der Waals surface area (Å²) < 4.78 is 0. The fourth-order valence-corrected chi connectivity index (χ4v) is 6.73. The molecule has 2 N–H and O–H groups in total. The summed E-state index contributed by atoms with van der Waals surface area (Å²) in [6, 6.07) is 0. The van der Waals surface area contributed by atoms with E-state index in [-0.39, 0.29) is 11.5 Å². The molecule has 0 radical (unpaired) electrons. The summed E-state index contributed by atoms with van der Waals surface area (Å²) in [5.74, 6) is 3.10. The number of fused-ring (bicyclic) bond motifs is 5. The second kappa shape index (κ2) is 5.36. The highest BCUT2D eigenvalue weighted by atomic mass is 16.4. The Morgan fingerprint density at radius 2 is 2.00 bits per heavy atom. The van der Waals surface area contributed by atoms with E-state index in [1.165, 1.54) is 38.5 Å². The highest BCUT2D eigenvalue weighted by Crippen LogP contribution is 2.63. The van der Waals surface area contributed by atoms with Gasteiger partial charge in [0.1, 0.15) is 0 Å². The van der Waals surface area contributed by atoms with E-state index < -0.39 is 0 Å².